The molecule has 0 saturated heterocycles. The quantitative estimate of drug-likeness (QED) is 0.849. The summed E-state index contributed by atoms with van der Waals surface area (Å²) in [5.41, 5.74) is 2.15. The largest absolute Gasteiger partial charge is 0.489 e. The Balaban J connectivity index is 1.91. The molecule has 2 nitrogen and oxygen atoms in total. The van der Waals surface area contributed by atoms with E-state index in [-0.39, 0.29) is 5.82 Å². The summed E-state index contributed by atoms with van der Waals surface area (Å²) in [5.74, 6) is 0.548. The second-order valence-electron chi connectivity index (χ2n) is 4.46. The SMILES string of the molecule is CCNCc1ccc(OCc2ccc(F)c(Br)c2)cc1. The highest BCUT2D eigenvalue weighted by molar-refractivity contribution is 9.10. The van der Waals surface area contributed by atoms with Gasteiger partial charge in [0.25, 0.3) is 0 Å². The van der Waals surface area contributed by atoms with Crippen LogP contribution in [0.5, 0.6) is 5.75 Å². The van der Waals surface area contributed by atoms with Crippen LogP contribution in [0.25, 0.3) is 0 Å². The smallest absolute Gasteiger partial charge is 0.137 e. The third kappa shape index (κ3) is 4.32. The molecule has 0 radical (unpaired) electrons. The van der Waals surface area contributed by atoms with E-state index in [1.165, 1.54) is 11.6 Å². The second kappa shape index (κ2) is 7.41. The summed E-state index contributed by atoms with van der Waals surface area (Å²) < 4.78 is 19.3. The lowest BCUT2D eigenvalue weighted by Crippen LogP contribution is -2.11. The molecule has 0 spiro atoms. The molecule has 0 saturated carbocycles. The second-order valence-corrected chi connectivity index (χ2v) is 5.32. The molecule has 0 atom stereocenters. The van der Waals surface area contributed by atoms with Crippen molar-refractivity contribution < 1.29 is 9.13 Å². The summed E-state index contributed by atoms with van der Waals surface area (Å²) in [4.78, 5) is 0. The van der Waals surface area contributed by atoms with Gasteiger partial charge in [-0.2, -0.15) is 0 Å². The van der Waals surface area contributed by atoms with Gasteiger partial charge in [-0.25, -0.2) is 4.39 Å². The molecule has 0 fully saturated rings. The Morgan fingerprint density at radius 3 is 2.45 bits per heavy atom. The molecule has 0 unspecified atom stereocenters. The van der Waals surface area contributed by atoms with E-state index in [0.717, 1.165) is 24.4 Å². The third-order valence-corrected chi connectivity index (χ3v) is 3.50. The lowest BCUT2D eigenvalue weighted by atomic mass is 10.2. The molecule has 2 aromatic carbocycles. The molecule has 0 heterocycles. The van der Waals surface area contributed by atoms with Crippen LogP contribution in [0.4, 0.5) is 4.39 Å². The van der Waals surface area contributed by atoms with Gasteiger partial charge in [-0.1, -0.05) is 25.1 Å². The Hall–Kier alpha value is -1.39. The summed E-state index contributed by atoms with van der Waals surface area (Å²) in [6.07, 6.45) is 0. The molecule has 2 aromatic rings. The van der Waals surface area contributed by atoms with Crippen LogP contribution in [-0.4, -0.2) is 6.54 Å². The Morgan fingerprint density at radius 1 is 1.10 bits per heavy atom. The fourth-order valence-electron chi connectivity index (χ4n) is 1.77. The normalized spacial score (nSPS) is 10.6. The summed E-state index contributed by atoms with van der Waals surface area (Å²) in [6, 6.07) is 12.9. The van der Waals surface area contributed by atoms with Gasteiger partial charge in [0.1, 0.15) is 18.2 Å². The average Bonchev–Trinajstić information content (AvgIpc) is 2.47. The van der Waals surface area contributed by atoms with Crippen molar-refractivity contribution >= 4 is 15.9 Å². The van der Waals surface area contributed by atoms with Gasteiger partial charge < -0.3 is 10.1 Å². The molecule has 0 aliphatic heterocycles. The standard InChI is InChI=1S/C16H17BrFNO/c1-2-19-10-12-3-6-14(7-4-12)20-11-13-5-8-16(18)15(17)9-13/h3-9,19H,2,10-11H2,1H3. The van der Waals surface area contributed by atoms with Crippen molar-refractivity contribution in [2.24, 2.45) is 0 Å². The molecule has 0 aromatic heterocycles. The van der Waals surface area contributed by atoms with E-state index in [9.17, 15) is 4.39 Å². The van der Waals surface area contributed by atoms with E-state index in [1.54, 1.807) is 12.1 Å². The van der Waals surface area contributed by atoms with Crippen molar-refractivity contribution in [3.63, 3.8) is 0 Å². The Bertz CT molecular complexity index is 557. The lowest BCUT2D eigenvalue weighted by molar-refractivity contribution is 0.306. The number of halogens is 2. The molecule has 0 aliphatic carbocycles. The molecule has 20 heavy (non-hydrogen) atoms. The number of nitrogens with one attached hydrogen (secondary N) is 1. The number of hydrogen-bond donors (Lipinski definition) is 1. The monoisotopic (exact) mass is 337 g/mol. The zero-order valence-electron chi connectivity index (χ0n) is 11.3. The van der Waals surface area contributed by atoms with Crippen molar-refractivity contribution in [1.29, 1.82) is 0 Å². The van der Waals surface area contributed by atoms with E-state index in [1.807, 2.05) is 24.3 Å². The maximum absolute atomic E-state index is 13.1. The number of rotatable bonds is 6. The predicted molar refractivity (Wildman–Crippen MR) is 82.3 cm³/mol. The fraction of sp³-hybridized carbons (Fsp3) is 0.250. The van der Waals surface area contributed by atoms with Gasteiger partial charge in [-0.15, -0.1) is 0 Å². The number of ether oxygens (including phenoxy) is 1. The van der Waals surface area contributed by atoms with Crippen LogP contribution in [0.2, 0.25) is 0 Å². The maximum atomic E-state index is 13.1. The minimum Gasteiger partial charge on any atom is -0.489 e. The summed E-state index contributed by atoms with van der Waals surface area (Å²) >= 11 is 3.17. The highest BCUT2D eigenvalue weighted by Gasteiger charge is 2.01. The highest BCUT2D eigenvalue weighted by Crippen LogP contribution is 2.19. The van der Waals surface area contributed by atoms with E-state index < -0.39 is 0 Å². The molecule has 4 heteroatoms. The summed E-state index contributed by atoms with van der Waals surface area (Å²) in [6.45, 7) is 4.32. The number of benzene rings is 2. The van der Waals surface area contributed by atoms with Crippen molar-refractivity contribution in [3.8, 4) is 5.75 Å². The van der Waals surface area contributed by atoms with Crippen LogP contribution in [0.1, 0.15) is 18.1 Å². The van der Waals surface area contributed by atoms with Gasteiger partial charge in [0.2, 0.25) is 0 Å². The summed E-state index contributed by atoms with van der Waals surface area (Å²) in [5, 5.41) is 3.27. The van der Waals surface area contributed by atoms with Gasteiger partial charge in [-0.05, 0) is 57.9 Å². The molecule has 1 N–H and O–H groups in total. The molecule has 0 amide bonds. The minimum absolute atomic E-state index is 0.262. The van der Waals surface area contributed by atoms with Crippen LogP contribution >= 0.6 is 15.9 Å². The van der Waals surface area contributed by atoms with Crippen LogP contribution in [0.3, 0.4) is 0 Å². The molecular weight excluding hydrogens is 321 g/mol. The van der Waals surface area contributed by atoms with Crippen molar-refractivity contribution in [1.82, 2.24) is 5.32 Å². The van der Waals surface area contributed by atoms with E-state index in [2.05, 4.69) is 28.2 Å². The molecule has 106 valence electrons. The fourth-order valence-corrected chi connectivity index (χ4v) is 2.20. The van der Waals surface area contributed by atoms with Crippen molar-refractivity contribution in [3.05, 3.63) is 63.9 Å². The molecule has 2 rings (SSSR count). The van der Waals surface area contributed by atoms with Crippen LogP contribution < -0.4 is 10.1 Å². The molecular formula is C16H17BrFNO. The van der Waals surface area contributed by atoms with Crippen molar-refractivity contribution in [2.45, 2.75) is 20.1 Å². The van der Waals surface area contributed by atoms with E-state index in [4.69, 9.17) is 4.74 Å². The van der Waals surface area contributed by atoms with Gasteiger partial charge in [0.15, 0.2) is 0 Å². The van der Waals surface area contributed by atoms with Gasteiger partial charge >= 0.3 is 0 Å². The Labute approximate surface area is 127 Å². The lowest BCUT2D eigenvalue weighted by Gasteiger charge is -2.08. The first-order chi connectivity index (χ1) is 9.69. The van der Waals surface area contributed by atoms with E-state index in [0.29, 0.717) is 11.1 Å². The zero-order chi connectivity index (χ0) is 14.4. The molecule has 0 aliphatic rings. The Kier molecular flexibility index (Phi) is 5.56. The maximum Gasteiger partial charge on any atom is 0.137 e. The van der Waals surface area contributed by atoms with Gasteiger partial charge in [0.05, 0.1) is 4.47 Å². The first-order valence-electron chi connectivity index (χ1n) is 6.55. The van der Waals surface area contributed by atoms with Crippen LogP contribution in [-0.2, 0) is 13.2 Å². The number of hydrogen-bond acceptors (Lipinski definition) is 2. The summed E-state index contributed by atoms with van der Waals surface area (Å²) in [7, 11) is 0. The van der Waals surface area contributed by atoms with Crippen molar-refractivity contribution in [2.75, 3.05) is 6.54 Å². The highest BCUT2D eigenvalue weighted by atomic mass is 79.9. The zero-order valence-corrected chi connectivity index (χ0v) is 12.9. The van der Waals surface area contributed by atoms with E-state index >= 15 is 0 Å². The van der Waals surface area contributed by atoms with Crippen LogP contribution in [0, 0.1) is 5.82 Å². The topological polar surface area (TPSA) is 21.3 Å². The third-order valence-electron chi connectivity index (χ3n) is 2.89. The first kappa shape index (κ1) is 15.0. The minimum atomic E-state index is -0.262. The average molecular weight is 338 g/mol. The van der Waals surface area contributed by atoms with Crippen LogP contribution in [0.15, 0.2) is 46.9 Å². The predicted octanol–water partition coefficient (Wildman–Crippen LogP) is 4.28. The van der Waals surface area contributed by atoms with Gasteiger partial charge in [-0.3, -0.25) is 0 Å². The molecule has 0 bridgehead atoms. The first-order valence-corrected chi connectivity index (χ1v) is 7.34. The Morgan fingerprint density at radius 2 is 1.80 bits per heavy atom. The van der Waals surface area contributed by atoms with Gasteiger partial charge in [0, 0.05) is 6.54 Å².